The van der Waals surface area contributed by atoms with E-state index in [1.165, 1.54) is 43.6 Å². The summed E-state index contributed by atoms with van der Waals surface area (Å²) in [6, 6.07) is 8.74. The second-order valence-corrected chi connectivity index (χ2v) is 5.98. The Morgan fingerprint density at radius 1 is 1.16 bits per heavy atom. The van der Waals surface area contributed by atoms with E-state index < -0.39 is 0 Å². The maximum absolute atomic E-state index is 2.94. The van der Waals surface area contributed by atoms with Gasteiger partial charge in [-0.05, 0) is 17.5 Å². The quantitative estimate of drug-likeness (QED) is 0.454. The van der Waals surface area contributed by atoms with Gasteiger partial charge in [0.25, 0.3) is 0 Å². The molecule has 1 aromatic carbocycles. The van der Waals surface area contributed by atoms with Gasteiger partial charge in [0.1, 0.15) is 13.1 Å². The molecule has 2 nitrogen and oxygen atoms in total. The van der Waals surface area contributed by atoms with Gasteiger partial charge < -0.3 is 4.48 Å². The van der Waals surface area contributed by atoms with Gasteiger partial charge in [0, 0.05) is 12.0 Å². The van der Waals surface area contributed by atoms with Crippen molar-refractivity contribution >= 4 is 22.1 Å². The van der Waals surface area contributed by atoms with E-state index in [1.807, 2.05) is 5.83 Å². The number of nitrogens with zero attached hydrogens (tertiary/aromatic N) is 2. The van der Waals surface area contributed by atoms with Crippen molar-refractivity contribution in [3.8, 4) is 0 Å². The molecule has 0 saturated heterocycles. The van der Waals surface area contributed by atoms with Crippen LogP contribution in [0.15, 0.2) is 24.3 Å². The maximum atomic E-state index is 2.94. The van der Waals surface area contributed by atoms with E-state index >= 15 is 0 Å². The molecule has 0 spiro atoms. The van der Waals surface area contributed by atoms with Crippen LogP contribution in [0, 0.1) is 0 Å². The SMILES string of the molecule is CBr.C[N+](C)(C)CCC[N+]1=Cc2ccccc2CC1. The second-order valence-electron chi connectivity index (χ2n) is 5.98. The third-order valence-corrected chi connectivity index (χ3v) is 3.32. The van der Waals surface area contributed by atoms with Gasteiger partial charge in [0.15, 0.2) is 6.21 Å². The molecule has 1 aromatic rings. The monoisotopic (exact) mass is 326 g/mol. The highest BCUT2D eigenvalue weighted by molar-refractivity contribution is 9.08. The first-order valence-electron chi connectivity index (χ1n) is 6.90. The van der Waals surface area contributed by atoms with Crippen molar-refractivity contribution in [1.29, 1.82) is 0 Å². The molecule has 0 unspecified atom stereocenters. The number of quaternary nitrogens is 1. The van der Waals surface area contributed by atoms with Crippen molar-refractivity contribution in [2.75, 3.05) is 46.6 Å². The molecule has 0 atom stereocenters. The first-order chi connectivity index (χ1) is 9.04. The summed E-state index contributed by atoms with van der Waals surface area (Å²) >= 11 is 2.94. The number of halogens is 1. The standard InChI is InChI=1S/C15H24N2.CH3Br/c1-17(2,3)12-6-10-16-11-9-14-7-4-5-8-15(14)13-16;1-2/h4-5,7-8,13H,6,9-12H2,1-3H3;1H3/q+2;. The summed E-state index contributed by atoms with van der Waals surface area (Å²) in [6.45, 7) is 3.60. The lowest BCUT2D eigenvalue weighted by molar-refractivity contribution is -0.871. The second kappa shape index (κ2) is 7.81. The molecule has 0 bridgehead atoms. The third-order valence-electron chi connectivity index (χ3n) is 3.32. The van der Waals surface area contributed by atoms with Crippen LogP contribution >= 0.6 is 15.9 Å². The zero-order valence-electron chi connectivity index (χ0n) is 12.7. The number of hydrogen-bond donors (Lipinski definition) is 0. The van der Waals surface area contributed by atoms with Crippen molar-refractivity contribution < 1.29 is 9.06 Å². The molecule has 0 aliphatic carbocycles. The molecule has 0 amide bonds. The van der Waals surface area contributed by atoms with Crippen LogP contribution in [0.25, 0.3) is 0 Å². The van der Waals surface area contributed by atoms with Crippen molar-refractivity contribution in [3.05, 3.63) is 35.4 Å². The molecule has 2 rings (SSSR count). The van der Waals surface area contributed by atoms with Gasteiger partial charge in [-0.25, -0.2) is 4.58 Å². The van der Waals surface area contributed by atoms with E-state index in [-0.39, 0.29) is 0 Å². The number of rotatable bonds is 4. The molecule has 0 N–H and O–H groups in total. The molecule has 3 heteroatoms. The van der Waals surface area contributed by atoms with Crippen LogP contribution < -0.4 is 0 Å². The molecule has 19 heavy (non-hydrogen) atoms. The van der Waals surface area contributed by atoms with Gasteiger partial charge in [0.2, 0.25) is 0 Å². The molecule has 0 fully saturated rings. The predicted octanol–water partition coefficient (Wildman–Crippen LogP) is 2.78. The fourth-order valence-corrected chi connectivity index (χ4v) is 2.34. The van der Waals surface area contributed by atoms with Crippen LogP contribution in [0.4, 0.5) is 0 Å². The van der Waals surface area contributed by atoms with Crippen molar-refractivity contribution in [2.45, 2.75) is 12.8 Å². The molecule has 0 aromatic heterocycles. The molecule has 106 valence electrons. The molecule has 1 heterocycles. The van der Waals surface area contributed by atoms with Gasteiger partial charge in [0.05, 0.1) is 34.1 Å². The van der Waals surface area contributed by atoms with E-state index in [1.54, 1.807) is 0 Å². The molecular weight excluding hydrogens is 300 g/mol. The minimum atomic E-state index is 1.06. The largest absolute Gasteiger partial charge is 0.331 e. The summed E-state index contributed by atoms with van der Waals surface area (Å²) in [7, 11) is 6.78. The number of alkyl halides is 1. The van der Waals surface area contributed by atoms with E-state index in [2.05, 4.69) is 72.1 Å². The number of benzene rings is 1. The van der Waals surface area contributed by atoms with E-state index in [4.69, 9.17) is 0 Å². The predicted molar refractivity (Wildman–Crippen MR) is 87.7 cm³/mol. The minimum Gasteiger partial charge on any atom is -0.331 e. The highest BCUT2D eigenvalue weighted by atomic mass is 79.9. The Morgan fingerprint density at radius 2 is 1.84 bits per heavy atom. The molecular formula is C16H27BrN2+2. The van der Waals surface area contributed by atoms with Crippen LogP contribution in [0.5, 0.6) is 0 Å². The summed E-state index contributed by atoms with van der Waals surface area (Å²) in [5, 5.41) is 0. The first kappa shape index (κ1) is 16.4. The van der Waals surface area contributed by atoms with Crippen LogP contribution in [0.2, 0.25) is 0 Å². The fourth-order valence-electron chi connectivity index (χ4n) is 2.34. The minimum absolute atomic E-state index is 1.06. The smallest absolute Gasteiger partial charge is 0.170 e. The molecule has 0 saturated carbocycles. The molecule has 1 aliphatic heterocycles. The Hall–Kier alpha value is -0.670. The van der Waals surface area contributed by atoms with E-state index in [0.717, 1.165) is 4.48 Å². The lowest BCUT2D eigenvalue weighted by atomic mass is 10.0. The van der Waals surface area contributed by atoms with Gasteiger partial charge in [-0.15, -0.1) is 0 Å². The fraction of sp³-hybridized carbons (Fsp3) is 0.562. The van der Waals surface area contributed by atoms with Crippen LogP contribution in [-0.2, 0) is 6.42 Å². The van der Waals surface area contributed by atoms with E-state index in [9.17, 15) is 0 Å². The number of fused-ring (bicyclic) bond motifs is 1. The Labute approximate surface area is 126 Å². The average Bonchev–Trinajstić information content (AvgIpc) is 2.39. The van der Waals surface area contributed by atoms with Crippen molar-refractivity contribution in [3.63, 3.8) is 0 Å². The van der Waals surface area contributed by atoms with Gasteiger partial charge in [-0.2, -0.15) is 0 Å². The lowest BCUT2D eigenvalue weighted by Crippen LogP contribution is -2.37. The van der Waals surface area contributed by atoms with Gasteiger partial charge >= 0.3 is 0 Å². The highest BCUT2D eigenvalue weighted by Crippen LogP contribution is 2.11. The highest BCUT2D eigenvalue weighted by Gasteiger charge is 2.16. The normalized spacial score (nSPS) is 14.1. The molecule has 0 radical (unpaired) electrons. The Morgan fingerprint density at radius 3 is 2.53 bits per heavy atom. The zero-order valence-corrected chi connectivity index (χ0v) is 14.3. The average molecular weight is 327 g/mol. The summed E-state index contributed by atoms with van der Waals surface area (Å²) < 4.78 is 3.53. The van der Waals surface area contributed by atoms with Crippen LogP contribution in [0.1, 0.15) is 17.5 Å². The topological polar surface area (TPSA) is 3.01 Å². The number of hydrogen-bond acceptors (Lipinski definition) is 0. The lowest BCUT2D eigenvalue weighted by Gasteiger charge is -2.23. The van der Waals surface area contributed by atoms with Gasteiger partial charge in [-0.3, -0.25) is 0 Å². The molecule has 1 aliphatic rings. The van der Waals surface area contributed by atoms with Crippen molar-refractivity contribution in [2.24, 2.45) is 0 Å². The summed E-state index contributed by atoms with van der Waals surface area (Å²) in [5.74, 6) is 1.81. The van der Waals surface area contributed by atoms with Crippen molar-refractivity contribution in [1.82, 2.24) is 0 Å². The Bertz CT molecular complexity index is 419. The summed E-state index contributed by atoms with van der Waals surface area (Å²) in [4.78, 5) is 0. The first-order valence-corrected chi connectivity index (χ1v) is 8.48. The van der Waals surface area contributed by atoms with Crippen LogP contribution in [-0.4, -0.2) is 61.9 Å². The summed E-state index contributed by atoms with van der Waals surface area (Å²) in [5.41, 5.74) is 2.90. The van der Waals surface area contributed by atoms with Gasteiger partial charge in [-0.1, -0.05) is 34.1 Å². The van der Waals surface area contributed by atoms with Crippen LogP contribution in [0.3, 0.4) is 0 Å². The zero-order chi connectivity index (χ0) is 14.3. The Balaban J connectivity index is 0.000000861. The Kier molecular flexibility index (Phi) is 6.73. The third kappa shape index (κ3) is 5.87. The summed E-state index contributed by atoms with van der Waals surface area (Å²) in [6.07, 6.45) is 4.79. The maximum Gasteiger partial charge on any atom is 0.170 e. The van der Waals surface area contributed by atoms with E-state index in [0.29, 0.717) is 0 Å².